The van der Waals surface area contributed by atoms with Gasteiger partial charge in [0.25, 0.3) is 0 Å². The highest BCUT2D eigenvalue weighted by atomic mass is 16.6. The highest BCUT2D eigenvalue weighted by Gasteiger charge is 2.13. The van der Waals surface area contributed by atoms with Gasteiger partial charge in [0.05, 0.1) is 13.2 Å². The molecule has 1 unspecified atom stereocenters. The molecule has 0 rings (SSSR count). The van der Waals surface area contributed by atoms with E-state index in [9.17, 15) is 9.90 Å². The van der Waals surface area contributed by atoms with Crippen LogP contribution in [0.25, 0.3) is 0 Å². The van der Waals surface area contributed by atoms with Gasteiger partial charge in [0.15, 0.2) is 0 Å². The molecule has 0 saturated heterocycles. The van der Waals surface area contributed by atoms with Crippen molar-refractivity contribution in [2.45, 2.75) is 238 Å². The first-order valence-corrected chi connectivity index (χ1v) is 25.8. The molecule has 350 valence electrons. The van der Waals surface area contributed by atoms with Gasteiger partial charge in [0.1, 0.15) is 6.10 Å². The Bertz CT molecular complexity index is 1120. The summed E-state index contributed by atoms with van der Waals surface area (Å²) >= 11 is 0. The number of carbonyl (C=O) groups is 1. The zero-order valence-electron chi connectivity index (χ0n) is 40.1. The second-order valence-corrected chi connectivity index (χ2v) is 16.9. The Morgan fingerprint density at radius 2 is 0.738 bits per heavy atom. The highest BCUT2D eigenvalue weighted by molar-refractivity contribution is 5.69. The molecule has 0 fully saturated rings. The van der Waals surface area contributed by atoms with E-state index in [0.717, 1.165) is 64.2 Å². The summed E-state index contributed by atoms with van der Waals surface area (Å²) in [6.07, 6.45) is 76.4. The van der Waals surface area contributed by atoms with Crippen molar-refractivity contribution in [3.8, 4) is 0 Å². The summed E-state index contributed by atoms with van der Waals surface area (Å²) in [4.78, 5) is 12.3. The van der Waals surface area contributed by atoms with Gasteiger partial charge in [-0.3, -0.25) is 4.79 Å². The fraction of sp³-hybridized carbons (Fsp3) is 0.702. The molecule has 0 aliphatic rings. The number of hydrogen-bond acceptors (Lipinski definition) is 4. The summed E-state index contributed by atoms with van der Waals surface area (Å²) in [5.74, 6) is -0.211. The minimum Gasteiger partial charge on any atom is -0.457 e. The Balaban J connectivity index is 3.48. The van der Waals surface area contributed by atoms with Gasteiger partial charge in [-0.15, -0.1) is 0 Å². The molecule has 4 nitrogen and oxygen atoms in total. The van der Waals surface area contributed by atoms with Gasteiger partial charge in [0.2, 0.25) is 0 Å². The van der Waals surface area contributed by atoms with Crippen molar-refractivity contribution in [2.75, 3.05) is 19.8 Å². The standard InChI is InChI=1S/C57H98O4/c1-3-5-7-9-11-13-15-17-19-21-23-25-27-29-30-32-34-36-38-40-42-44-46-48-50-52-57(59)61-56(54-58)55-60-53-51-49-47-45-43-41-39-37-35-33-31-28-26-24-22-20-18-16-14-12-10-8-6-4-2/h5,7,11,13,16-19,22-25,28-31,56,58H,3-4,6,8-10,12,14-15,20-21,26-27,32-55H2,1-2H3/b7-5-,13-11-,18-16-,19-17-,24-22-,25-23-,30-29-,31-28-. The van der Waals surface area contributed by atoms with E-state index in [1.165, 1.54) is 148 Å². The van der Waals surface area contributed by atoms with Crippen LogP contribution in [-0.4, -0.2) is 37.0 Å². The largest absolute Gasteiger partial charge is 0.457 e. The predicted molar refractivity (Wildman–Crippen MR) is 269 cm³/mol. The SMILES string of the molecule is CC/C=C\C/C=C\C/C=C\C/C=C\C/C=C\CCCCCCCCCCCC(=O)OC(CO)COCCCCCCCCCCC/C=C\C/C=C\C/C=C\CCCCCCC. The molecule has 4 heteroatoms. The first kappa shape index (κ1) is 58.3. The maximum Gasteiger partial charge on any atom is 0.306 e. The summed E-state index contributed by atoms with van der Waals surface area (Å²) in [7, 11) is 0. The Hall–Kier alpha value is -2.69. The number of rotatable bonds is 47. The van der Waals surface area contributed by atoms with E-state index in [4.69, 9.17) is 9.47 Å². The molecular formula is C57H98O4. The number of allylic oxidation sites excluding steroid dienone is 16. The molecule has 0 aromatic carbocycles. The van der Waals surface area contributed by atoms with Crippen LogP contribution in [-0.2, 0) is 14.3 Å². The molecule has 0 heterocycles. The van der Waals surface area contributed by atoms with Crippen LogP contribution in [0.5, 0.6) is 0 Å². The molecule has 1 atom stereocenters. The van der Waals surface area contributed by atoms with Crippen molar-refractivity contribution in [3.63, 3.8) is 0 Å². The zero-order valence-corrected chi connectivity index (χ0v) is 40.1. The molecule has 0 aliphatic carbocycles. The Morgan fingerprint density at radius 3 is 1.11 bits per heavy atom. The normalized spacial score (nSPS) is 13.2. The third kappa shape index (κ3) is 51.6. The molecule has 0 aliphatic heterocycles. The fourth-order valence-electron chi connectivity index (χ4n) is 7.07. The van der Waals surface area contributed by atoms with E-state index >= 15 is 0 Å². The smallest absolute Gasteiger partial charge is 0.306 e. The number of aliphatic hydroxyl groups excluding tert-OH is 1. The molecule has 0 aromatic rings. The summed E-state index contributed by atoms with van der Waals surface area (Å²) in [6.45, 7) is 5.21. The second-order valence-electron chi connectivity index (χ2n) is 16.9. The van der Waals surface area contributed by atoms with Crippen LogP contribution in [0, 0.1) is 0 Å². The number of ether oxygens (including phenoxy) is 2. The Kier molecular flexibility index (Phi) is 51.1. The van der Waals surface area contributed by atoms with Crippen molar-refractivity contribution < 1.29 is 19.4 Å². The fourth-order valence-corrected chi connectivity index (χ4v) is 7.07. The molecule has 0 radical (unpaired) electrons. The monoisotopic (exact) mass is 847 g/mol. The lowest BCUT2D eigenvalue weighted by Crippen LogP contribution is -2.27. The highest BCUT2D eigenvalue weighted by Crippen LogP contribution is 2.14. The van der Waals surface area contributed by atoms with Gasteiger partial charge in [-0.1, -0.05) is 227 Å². The first-order chi connectivity index (χ1) is 30.2. The van der Waals surface area contributed by atoms with Crippen LogP contribution in [0.4, 0.5) is 0 Å². The number of carbonyl (C=O) groups excluding carboxylic acids is 1. The van der Waals surface area contributed by atoms with Crippen LogP contribution in [0.1, 0.15) is 232 Å². The first-order valence-electron chi connectivity index (χ1n) is 25.8. The minimum atomic E-state index is -0.548. The van der Waals surface area contributed by atoms with Crippen molar-refractivity contribution in [3.05, 3.63) is 97.2 Å². The molecule has 61 heavy (non-hydrogen) atoms. The lowest BCUT2D eigenvalue weighted by Gasteiger charge is -2.16. The zero-order chi connectivity index (χ0) is 44.0. The van der Waals surface area contributed by atoms with Crippen LogP contribution < -0.4 is 0 Å². The van der Waals surface area contributed by atoms with Gasteiger partial charge in [-0.05, 0) is 96.3 Å². The van der Waals surface area contributed by atoms with E-state index in [1.54, 1.807) is 0 Å². The van der Waals surface area contributed by atoms with Gasteiger partial charge >= 0.3 is 5.97 Å². The number of esters is 1. The van der Waals surface area contributed by atoms with Crippen LogP contribution >= 0.6 is 0 Å². The quantitative estimate of drug-likeness (QED) is 0.0377. The van der Waals surface area contributed by atoms with Crippen LogP contribution in [0.15, 0.2) is 97.2 Å². The van der Waals surface area contributed by atoms with Gasteiger partial charge in [-0.25, -0.2) is 0 Å². The summed E-state index contributed by atoms with van der Waals surface area (Å²) < 4.78 is 11.2. The second kappa shape index (κ2) is 53.4. The van der Waals surface area contributed by atoms with Crippen molar-refractivity contribution in [1.82, 2.24) is 0 Å². The molecule has 0 amide bonds. The summed E-state index contributed by atoms with van der Waals surface area (Å²) in [6, 6.07) is 0. The third-order valence-electron chi connectivity index (χ3n) is 10.9. The van der Waals surface area contributed by atoms with E-state index in [-0.39, 0.29) is 19.2 Å². The van der Waals surface area contributed by atoms with E-state index in [1.807, 2.05) is 0 Å². The molecule has 0 spiro atoms. The molecule has 1 N–H and O–H groups in total. The molecule has 0 aromatic heterocycles. The lowest BCUT2D eigenvalue weighted by atomic mass is 10.1. The topological polar surface area (TPSA) is 55.8 Å². The summed E-state index contributed by atoms with van der Waals surface area (Å²) in [5, 5.41) is 9.66. The van der Waals surface area contributed by atoms with Gasteiger partial charge < -0.3 is 14.6 Å². The number of aliphatic hydroxyl groups is 1. The molecule has 0 saturated carbocycles. The van der Waals surface area contributed by atoms with Gasteiger partial charge in [-0.2, -0.15) is 0 Å². The van der Waals surface area contributed by atoms with E-state index in [0.29, 0.717) is 13.0 Å². The number of hydrogen-bond donors (Lipinski definition) is 1. The molecule has 0 bridgehead atoms. The van der Waals surface area contributed by atoms with Crippen molar-refractivity contribution >= 4 is 5.97 Å². The maximum absolute atomic E-state index is 12.3. The minimum absolute atomic E-state index is 0.181. The summed E-state index contributed by atoms with van der Waals surface area (Å²) in [5.41, 5.74) is 0. The number of unbranched alkanes of at least 4 members (excludes halogenated alkanes) is 23. The third-order valence-corrected chi connectivity index (χ3v) is 10.9. The average molecular weight is 847 g/mol. The van der Waals surface area contributed by atoms with Crippen molar-refractivity contribution in [2.24, 2.45) is 0 Å². The van der Waals surface area contributed by atoms with E-state index in [2.05, 4.69) is 111 Å². The van der Waals surface area contributed by atoms with Crippen LogP contribution in [0.3, 0.4) is 0 Å². The lowest BCUT2D eigenvalue weighted by molar-refractivity contribution is -0.154. The maximum atomic E-state index is 12.3. The predicted octanol–water partition coefficient (Wildman–Crippen LogP) is 17.7. The van der Waals surface area contributed by atoms with Crippen molar-refractivity contribution in [1.29, 1.82) is 0 Å². The Labute approximate surface area is 379 Å². The van der Waals surface area contributed by atoms with Crippen LogP contribution in [0.2, 0.25) is 0 Å². The van der Waals surface area contributed by atoms with Gasteiger partial charge in [0, 0.05) is 13.0 Å². The average Bonchev–Trinajstić information content (AvgIpc) is 3.27. The molecular weight excluding hydrogens is 749 g/mol. The van der Waals surface area contributed by atoms with E-state index < -0.39 is 6.10 Å². The Morgan fingerprint density at radius 1 is 0.410 bits per heavy atom.